The molecule has 0 aromatic heterocycles. The third-order valence-electron chi connectivity index (χ3n) is 4.46. The smallest absolute Gasteiger partial charge is 0.384 e. The monoisotopic (exact) mass is 344 g/mol. The molecule has 0 bridgehead atoms. The number of rotatable bonds is 4. The summed E-state index contributed by atoms with van der Waals surface area (Å²) in [4.78, 5) is 11.9. The largest absolute Gasteiger partial charge is 0.391 e. The van der Waals surface area contributed by atoms with Crippen LogP contribution in [0.4, 0.5) is 18.0 Å². The van der Waals surface area contributed by atoms with Crippen LogP contribution >= 0.6 is 0 Å². The van der Waals surface area contributed by atoms with Gasteiger partial charge in [-0.3, -0.25) is 0 Å². The molecule has 0 aliphatic heterocycles. The first-order valence-electron chi connectivity index (χ1n) is 8.07. The molecular formula is C17H23F3N2O2. The van der Waals surface area contributed by atoms with Gasteiger partial charge in [-0.25, -0.2) is 4.79 Å². The maximum absolute atomic E-state index is 12.8. The molecule has 1 aliphatic rings. The van der Waals surface area contributed by atoms with E-state index in [4.69, 9.17) is 0 Å². The van der Waals surface area contributed by atoms with Crippen molar-refractivity contribution in [1.29, 1.82) is 0 Å². The van der Waals surface area contributed by atoms with Gasteiger partial charge >= 0.3 is 12.2 Å². The van der Waals surface area contributed by atoms with Crippen molar-refractivity contribution in [3.8, 4) is 0 Å². The number of carbonyl (C=O) groups excluding carboxylic acids is 1. The first-order valence-corrected chi connectivity index (χ1v) is 8.07. The van der Waals surface area contributed by atoms with Crippen molar-refractivity contribution in [2.75, 3.05) is 6.54 Å². The minimum absolute atomic E-state index is 0.0295. The molecule has 3 atom stereocenters. The lowest BCUT2D eigenvalue weighted by Crippen LogP contribution is -2.48. The van der Waals surface area contributed by atoms with Crippen molar-refractivity contribution in [2.45, 2.75) is 50.4 Å². The second-order valence-electron chi connectivity index (χ2n) is 6.57. The van der Waals surface area contributed by atoms with Crippen molar-refractivity contribution in [2.24, 2.45) is 5.92 Å². The Morgan fingerprint density at radius 3 is 2.54 bits per heavy atom. The van der Waals surface area contributed by atoms with E-state index in [1.54, 1.807) is 31.2 Å². The van der Waals surface area contributed by atoms with Crippen LogP contribution in [-0.4, -0.2) is 29.9 Å². The highest BCUT2D eigenvalue weighted by atomic mass is 19.4. The Morgan fingerprint density at radius 1 is 1.25 bits per heavy atom. The molecule has 0 spiro atoms. The zero-order valence-electron chi connectivity index (χ0n) is 13.6. The van der Waals surface area contributed by atoms with Crippen molar-refractivity contribution >= 4 is 6.03 Å². The van der Waals surface area contributed by atoms with Gasteiger partial charge in [-0.1, -0.05) is 36.8 Å². The standard InChI is InChI=1S/C17H23F3N2O2/c1-16(24,12-6-3-2-4-7-12)11-21-15(23)22-14-9-5-8-13(10-14)17(18,19)20/h2-4,6-7,13-14,24H,5,8-11H2,1H3,(H2,21,22,23). The van der Waals surface area contributed by atoms with Gasteiger partial charge in [0.2, 0.25) is 0 Å². The van der Waals surface area contributed by atoms with Gasteiger partial charge in [-0.2, -0.15) is 13.2 Å². The van der Waals surface area contributed by atoms with Crippen LogP contribution in [0.5, 0.6) is 0 Å². The molecule has 1 aromatic rings. The topological polar surface area (TPSA) is 61.4 Å². The summed E-state index contributed by atoms with van der Waals surface area (Å²) in [5, 5.41) is 15.5. The Hall–Kier alpha value is -1.76. The van der Waals surface area contributed by atoms with Gasteiger partial charge in [0.05, 0.1) is 12.5 Å². The summed E-state index contributed by atoms with van der Waals surface area (Å²) in [7, 11) is 0. The summed E-state index contributed by atoms with van der Waals surface area (Å²) in [5.41, 5.74) is -0.597. The Balaban J connectivity index is 1.83. The highest BCUT2D eigenvalue weighted by Gasteiger charge is 2.42. The Morgan fingerprint density at radius 2 is 1.92 bits per heavy atom. The first-order chi connectivity index (χ1) is 11.2. The van der Waals surface area contributed by atoms with Gasteiger partial charge in [-0.05, 0) is 31.7 Å². The van der Waals surface area contributed by atoms with Crippen LogP contribution in [0.25, 0.3) is 0 Å². The number of halogens is 3. The highest BCUT2D eigenvalue weighted by Crippen LogP contribution is 2.37. The van der Waals surface area contributed by atoms with Gasteiger partial charge in [0.25, 0.3) is 0 Å². The lowest BCUT2D eigenvalue weighted by Gasteiger charge is -2.31. The minimum atomic E-state index is -4.21. The molecule has 2 amide bonds. The molecule has 0 saturated heterocycles. The average Bonchev–Trinajstić information content (AvgIpc) is 2.53. The minimum Gasteiger partial charge on any atom is -0.384 e. The molecular weight excluding hydrogens is 321 g/mol. The normalized spacial score (nSPS) is 24.0. The van der Waals surface area contributed by atoms with Gasteiger partial charge in [0, 0.05) is 6.04 Å². The molecule has 7 heteroatoms. The fourth-order valence-electron chi connectivity index (χ4n) is 3.01. The Labute approximate surface area is 139 Å². The molecule has 0 radical (unpaired) electrons. The van der Waals surface area contributed by atoms with Crippen LogP contribution in [-0.2, 0) is 5.60 Å². The third-order valence-corrected chi connectivity index (χ3v) is 4.46. The van der Waals surface area contributed by atoms with Crippen LogP contribution in [0.3, 0.4) is 0 Å². The first kappa shape index (κ1) is 18.6. The molecule has 1 saturated carbocycles. The van der Waals surface area contributed by atoms with Gasteiger partial charge in [0.1, 0.15) is 5.60 Å². The van der Waals surface area contributed by atoms with Crippen LogP contribution in [0.1, 0.15) is 38.2 Å². The van der Waals surface area contributed by atoms with E-state index in [-0.39, 0.29) is 19.4 Å². The lowest BCUT2D eigenvalue weighted by atomic mass is 9.85. The van der Waals surface area contributed by atoms with E-state index in [0.717, 1.165) is 0 Å². The fourth-order valence-corrected chi connectivity index (χ4v) is 3.01. The summed E-state index contributed by atoms with van der Waals surface area (Å²) >= 11 is 0. The number of hydrogen-bond acceptors (Lipinski definition) is 2. The number of aliphatic hydroxyl groups is 1. The summed E-state index contributed by atoms with van der Waals surface area (Å²) < 4.78 is 38.3. The van der Waals surface area contributed by atoms with Crippen LogP contribution in [0.15, 0.2) is 30.3 Å². The van der Waals surface area contributed by atoms with E-state index in [9.17, 15) is 23.1 Å². The Bertz CT molecular complexity index is 547. The van der Waals surface area contributed by atoms with E-state index >= 15 is 0 Å². The number of benzene rings is 1. The maximum atomic E-state index is 12.8. The predicted octanol–water partition coefficient (Wildman–Crippen LogP) is 3.31. The number of urea groups is 1. The van der Waals surface area contributed by atoms with E-state index in [2.05, 4.69) is 10.6 Å². The molecule has 134 valence electrons. The molecule has 1 aromatic carbocycles. The number of alkyl halides is 3. The number of carbonyl (C=O) groups is 1. The number of hydrogen-bond donors (Lipinski definition) is 3. The highest BCUT2D eigenvalue weighted by molar-refractivity contribution is 5.74. The van der Waals surface area contributed by atoms with E-state index in [0.29, 0.717) is 18.4 Å². The molecule has 3 unspecified atom stereocenters. The second kappa shape index (κ2) is 7.42. The SMILES string of the molecule is CC(O)(CNC(=O)NC1CCCC(C(F)(F)F)C1)c1ccccc1. The predicted molar refractivity (Wildman–Crippen MR) is 84.3 cm³/mol. The third kappa shape index (κ3) is 5.12. The van der Waals surface area contributed by atoms with Crippen molar-refractivity contribution in [1.82, 2.24) is 10.6 Å². The molecule has 1 aliphatic carbocycles. The summed E-state index contributed by atoms with van der Waals surface area (Å²) in [6, 6.07) is 7.82. The van der Waals surface area contributed by atoms with Gasteiger partial charge < -0.3 is 15.7 Å². The second-order valence-corrected chi connectivity index (χ2v) is 6.57. The number of amides is 2. The lowest BCUT2D eigenvalue weighted by molar-refractivity contribution is -0.183. The van der Waals surface area contributed by atoms with Crippen LogP contribution in [0, 0.1) is 5.92 Å². The molecule has 3 N–H and O–H groups in total. The molecule has 2 rings (SSSR count). The fraction of sp³-hybridized carbons (Fsp3) is 0.588. The van der Waals surface area contributed by atoms with Crippen molar-refractivity contribution in [3.63, 3.8) is 0 Å². The zero-order chi connectivity index (χ0) is 17.8. The average molecular weight is 344 g/mol. The zero-order valence-corrected chi connectivity index (χ0v) is 13.6. The summed E-state index contributed by atoms with van der Waals surface area (Å²) in [6.07, 6.45) is -3.21. The van der Waals surface area contributed by atoms with Gasteiger partial charge in [0.15, 0.2) is 0 Å². The summed E-state index contributed by atoms with van der Waals surface area (Å²) in [6.45, 7) is 1.54. The van der Waals surface area contributed by atoms with Crippen LogP contribution in [0.2, 0.25) is 0 Å². The van der Waals surface area contributed by atoms with Crippen molar-refractivity contribution < 1.29 is 23.1 Å². The van der Waals surface area contributed by atoms with E-state index in [1.165, 1.54) is 0 Å². The quantitative estimate of drug-likeness (QED) is 0.785. The van der Waals surface area contributed by atoms with E-state index < -0.39 is 29.8 Å². The molecule has 1 fully saturated rings. The molecule has 4 nitrogen and oxygen atoms in total. The molecule has 24 heavy (non-hydrogen) atoms. The van der Waals surface area contributed by atoms with Gasteiger partial charge in [-0.15, -0.1) is 0 Å². The van der Waals surface area contributed by atoms with Crippen molar-refractivity contribution in [3.05, 3.63) is 35.9 Å². The number of nitrogens with one attached hydrogen (secondary N) is 2. The van der Waals surface area contributed by atoms with E-state index in [1.807, 2.05) is 6.07 Å². The summed E-state index contributed by atoms with van der Waals surface area (Å²) in [5.74, 6) is -1.36. The molecule has 0 heterocycles. The Kier molecular flexibility index (Phi) is 5.74. The maximum Gasteiger partial charge on any atom is 0.391 e. The van der Waals surface area contributed by atoms with Crippen LogP contribution < -0.4 is 10.6 Å².